The zero-order valence-electron chi connectivity index (χ0n) is 10.6. The van der Waals surface area contributed by atoms with Crippen molar-refractivity contribution >= 4 is 5.91 Å². The van der Waals surface area contributed by atoms with Crippen LogP contribution in [0.3, 0.4) is 0 Å². The molecule has 2 heterocycles. The first-order chi connectivity index (χ1) is 8.86. The number of rotatable bonds is 5. The predicted molar refractivity (Wildman–Crippen MR) is 70.5 cm³/mol. The van der Waals surface area contributed by atoms with E-state index in [1.54, 1.807) is 18.3 Å². The van der Waals surface area contributed by atoms with Crippen molar-refractivity contribution in [3.05, 3.63) is 30.1 Å². The van der Waals surface area contributed by atoms with E-state index < -0.39 is 0 Å². The van der Waals surface area contributed by atoms with E-state index in [4.69, 9.17) is 0 Å². The Morgan fingerprint density at radius 1 is 1.39 bits per heavy atom. The molecule has 0 unspecified atom stereocenters. The summed E-state index contributed by atoms with van der Waals surface area (Å²) in [7, 11) is 0. The second kappa shape index (κ2) is 7.08. The molecule has 0 radical (unpaired) electrons. The maximum absolute atomic E-state index is 11.7. The normalized spacial score (nSPS) is 16.4. The van der Waals surface area contributed by atoms with Crippen LogP contribution in [0.15, 0.2) is 24.4 Å². The first-order valence-electron chi connectivity index (χ1n) is 6.48. The highest BCUT2D eigenvalue weighted by Crippen LogP contribution is 1.95. The average molecular weight is 248 g/mol. The molecule has 1 aliphatic rings. The molecule has 0 atom stereocenters. The van der Waals surface area contributed by atoms with Crippen LogP contribution in [0.2, 0.25) is 0 Å². The van der Waals surface area contributed by atoms with E-state index in [0.717, 1.165) is 39.1 Å². The fourth-order valence-corrected chi connectivity index (χ4v) is 2.03. The molecular weight excluding hydrogens is 228 g/mol. The molecule has 1 saturated heterocycles. The number of amides is 1. The Balaban J connectivity index is 1.62. The molecule has 5 heteroatoms. The number of carbonyl (C=O) groups is 1. The summed E-state index contributed by atoms with van der Waals surface area (Å²) in [4.78, 5) is 18.1. The Hall–Kier alpha value is -1.46. The van der Waals surface area contributed by atoms with Crippen LogP contribution in [-0.2, 0) is 0 Å². The number of aromatic nitrogens is 1. The molecule has 1 aromatic rings. The lowest BCUT2D eigenvalue weighted by molar-refractivity contribution is 0.0946. The number of hydrogen-bond donors (Lipinski definition) is 2. The molecular formula is C13H20N4O. The molecule has 0 spiro atoms. The average Bonchev–Trinajstić information content (AvgIpc) is 2.45. The molecule has 5 nitrogen and oxygen atoms in total. The van der Waals surface area contributed by atoms with Crippen molar-refractivity contribution in [1.29, 1.82) is 0 Å². The molecule has 98 valence electrons. The van der Waals surface area contributed by atoms with Gasteiger partial charge in [0.25, 0.3) is 5.91 Å². The highest BCUT2D eigenvalue weighted by atomic mass is 16.1. The highest BCUT2D eigenvalue weighted by molar-refractivity contribution is 5.92. The summed E-state index contributed by atoms with van der Waals surface area (Å²) < 4.78 is 0. The van der Waals surface area contributed by atoms with E-state index in [1.807, 2.05) is 6.07 Å². The summed E-state index contributed by atoms with van der Waals surface area (Å²) in [6.07, 6.45) is 2.62. The summed E-state index contributed by atoms with van der Waals surface area (Å²) in [6, 6.07) is 5.36. The van der Waals surface area contributed by atoms with Gasteiger partial charge in [0.1, 0.15) is 5.69 Å². The largest absolute Gasteiger partial charge is 0.351 e. The van der Waals surface area contributed by atoms with Gasteiger partial charge in [-0.3, -0.25) is 9.78 Å². The van der Waals surface area contributed by atoms with Crippen molar-refractivity contribution in [3.8, 4) is 0 Å². The summed E-state index contributed by atoms with van der Waals surface area (Å²) in [5, 5.41) is 6.22. The second-order valence-corrected chi connectivity index (χ2v) is 4.42. The summed E-state index contributed by atoms with van der Waals surface area (Å²) in [6.45, 7) is 6.10. The molecule has 1 amide bonds. The SMILES string of the molecule is O=C(NCCCN1CCNCC1)c1ccccn1. The molecule has 18 heavy (non-hydrogen) atoms. The Morgan fingerprint density at radius 2 is 2.22 bits per heavy atom. The van der Waals surface area contributed by atoms with Crippen LogP contribution in [0.25, 0.3) is 0 Å². The topological polar surface area (TPSA) is 57.3 Å². The first-order valence-corrected chi connectivity index (χ1v) is 6.48. The predicted octanol–water partition coefficient (Wildman–Crippen LogP) is 0.107. The first kappa shape index (κ1) is 13.0. The third-order valence-electron chi connectivity index (χ3n) is 3.04. The van der Waals surface area contributed by atoms with Crippen LogP contribution in [0.1, 0.15) is 16.9 Å². The van der Waals surface area contributed by atoms with Gasteiger partial charge in [-0.2, -0.15) is 0 Å². The van der Waals surface area contributed by atoms with Gasteiger partial charge in [0.15, 0.2) is 0 Å². The molecule has 0 aliphatic carbocycles. The fraction of sp³-hybridized carbons (Fsp3) is 0.538. The van der Waals surface area contributed by atoms with Crippen LogP contribution >= 0.6 is 0 Å². The van der Waals surface area contributed by atoms with Gasteiger partial charge in [0.2, 0.25) is 0 Å². The van der Waals surface area contributed by atoms with Crippen LogP contribution in [0, 0.1) is 0 Å². The molecule has 2 rings (SSSR count). The van der Waals surface area contributed by atoms with Gasteiger partial charge in [-0.15, -0.1) is 0 Å². The number of piperazine rings is 1. The van der Waals surface area contributed by atoms with Crippen molar-refractivity contribution in [2.45, 2.75) is 6.42 Å². The van der Waals surface area contributed by atoms with E-state index in [2.05, 4.69) is 20.5 Å². The lowest BCUT2D eigenvalue weighted by Crippen LogP contribution is -2.44. The quantitative estimate of drug-likeness (QED) is 0.726. The summed E-state index contributed by atoms with van der Waals surface area (Å²) >= 11 is 0. The third-order valence-corrected chi connectivity index (χ3v) is 3.04. The van der Waals surface area contributed by atoms with Crippen LogP contribution in [-0.4, -0.2) is 55.1 Å². The van der Waals surface area contributed by atoms with E-state index in [-0.39, 0.29) is 5.91 Å². The number of carbonyl (C=O) groups excluding carboxylic acids is 1. The molecule has 1 fully saturated rings. The van der Waals surface area contributed by atoms with E-state index in [0.29, 0.717) is 12.2 Å². The molecule has 1 aromatic heterocycles. The minimum atomic E-state index is -0.0871. The van der Waals surface area contributed by atoms with Crippen LogP contribution in [0.5, 0.6) is 0 Å². The molecule has 2 N–H and O–H groups in total. The Bertz CT molecular complexity index is 363. The number of hydrogen-bond acceptors (Lipinski definition) is 4. The number of pyridine rings is 1. The van der Waals surface area contributed by atoms with E-state index in [1.165, 1.54) is 0 Å². The van der Waals surface area contributed by atoms with Crippen molar-refractivity contribution in [1.82, 2.24) is 20.5 Å². The fourth-order valence-electron chi connectivity index (χ4n) is 2.03. The third kappa shape index (κ3) is 4.09. The molecule has 0 bridgehead atoms. The van der Waals surface area contributed by atoms with Crippen molar-refractivity contribution in [2.24, 2.45) is 0 Å². The highest BCUT2D eigenvalue weighted by Gasteiger charge is 2.09. The molecule has 1 aliphatic heterocycles. The van der Waals surface area contributed by atoms with Crippen LogP contribution < -0.4 is 10.6 Å². The summed E-state index contributed by atoms with van der Waals surface area (Å²) in [5.41, 5.74) is 0.486. The standard InChI is InChI=1S/C13H20N4O/c18-13(12-4-1-2-5-15-12)16-6-3-9-17-10-7-14-8-11-17/h1-2,4-5,14H,3,6-11H2,(H,16,18). The van der Waals surface area contributed by atoms with E-state index in [9.17, 15) is 4.79 Å². The zero-order valence-corrected chi connectivity index (χ0v) is 10.6. The van der Waals surface area contributed by atoms with Crippen LogP contribution in [0.4, 0.5) is 0 Å². The van der Waals surface area contributed by atoms with Gasteiger partial charge < -0.3 is 15.5 Å². The minimum absolute atomic E-state index is 0.0871. The Kier molecular flexibility index (Phi) is 5.11. The second-order valence-electron chi connectivity index (χ2n) is 4.42. The molecule has 0 aromatic carbocycles. The Morgan fingerprint density at radius 3 is 2.94 bits per heavy atom. The zero-order chi connectivity index (χ0) is 12.6. The van der Waals surface area contributed by atoms with Gasteiger partial charge in [-0.1, -0.05) is 6.07 Å². The van der Waals surface area contributed by atoms with Crippen molar-refractivity contribution in [2.75, 3.05) is 39.3 Å². The maximum atomic E-state index is 11.7. The lowest BCUT2D eigenvalue weighted by atomic mass is 10.3. The number of nitrogens with one attached hydrogen (secondary N) is 2. The van der Waals surface area contributed by atoms with Crippen molar-refractivity contribution in [3.63, 3.8) is 0 Å². The smallest absolute Gasteiger partial charge is 0.269 e. The minimum Gasteiger partial charge on any atom is -0.351 e. The summed E-state index contributed by atoms with van der Waals surface area (Å²) in [5.74, 6) is -0.0871. The Labute approximate surface area is 108 Å². The number of nitrogens with zero attached hydrogens (tertiary/aromatic N) is 2. The van der Waals surface area contributed by atoms with Gasteiger partial charge >= 0.3 is 0 Å². The van der Waals surface area contributed by atoms with Crippen molar-refractivity contribution < 1.29 is 4.79 Å². The van der Waals surface area contributed by atoms with Gasteiger partial charge in [-0.25, -0.2) is 0 Å². The van der Waals surface area contributed by atoms with Gasteiger partial charge in [0.05, 0.1) is 0 Å². The van der Waals surface area contributed by atoms with E-state index >= 15 is 0 Å². The monoisotopic (exact) mass is 248 g/mol. The maximum Gasteiger partial charge on any atom is 0.269 e. The van der Waals surface area contributed by atoms with Gasteiger partial charge in [0, 0.05) is 38.9 Å². The van der Waals surface area contributed by atoms with Gasteiger partial charge in [-0.05, 0) is 25.1 Å². The lowest BCUT2D eigenvalue weighted by Gasteiger charge is -2.27. The molecule has 0 saturated carbocycles.